The van der Waals surface area contributed by atoms with Gasteiger partial charge in [0.15, 0.2) is 0 Å². The first-order valence-corrected chi connectivity index (χ1v) is 6.24. The van der Waals surface area contributed by atoms with Gasteiger partial charge in [-0.25, -0.2) is 9.18 Å². The van der Waals surface area contributed by atoms with Crippen molar-refractivity contribution < 1.29 is 14.0 Å². The van der Waals surface area contributed by atoms with Crippen molar-refractivity contribution in [2.75, 3.05) is 5.73 Å². The van der Waals surface area contributed by atoms with Gasteiger partial charge in [0.1, 0.15) is 5.82 Å². The normalized spacial score (nSPS) is 9.95. The zero-order chi connectivity index (χ0) is 15.2. The number of nitrogen functional groups attached to an aromatic ring is 1. The van der Waals surface area contributed by atoms with Crippen LogP contribution in [0.4, 0.5) is 14.9 Å². The summed E-state index contributed by atoms with van der Waals surface area (Å²) < 4.78 is 12.7. The molecule has 0 aliphatic rings. The minimum absolute atomic E-state index is 0.184. The van der Waals surface area contributed by atoms with Gasteiger partial charge >= 0.3 is 6.03 Å². The Labute approximate surface area is 121 Å². The lowest BCUT2D eigenvalue weighted by Gasteiger charge is -2.08. The van der Waals surface area contributed by atoms with Crippen molar-refractivity contribution in [2.45, 2.75) is 6.54 Å². The van der Waals surface area contributed by atoms with E-state index in [-0.39, 0.29) is 17.9 Å². The Bertz CT molecular complexity index is 656. The van der Waals surface area contributed by atoms with E-state index in [0.29, 0.717) is 5.69 Å². The molecule has 0 aromatic heterocycles. The molecule has 5 nitrogen and oxygen atoms in total. The van der Waals surface area contributed by atoms with E-state index in [0.717, 1.165) is 5.56 Å². The molecular formula is C15H14FN3O2. The number of carbonyl (C=O) groups is 2. The Balaban J connectivity index is 1.89. The molecule has 2 aromatic carbocycles. The van der Waals surface area contributed by atoms with Gasteiger partial charge in [0.25, 0.3) is 5.91 Å². The first-order chi connectivity index (χ1) is 10.1. The summed E-state index contributed by atoms with van der Waals surface area (Å²) in [5, 5.41) is 4.68. The highest BCUT2D eigenvalue weighted by Crippen LogP contribution is 2.09. The molecule has 3 amide bonds. The lowest BCUT2D eigenvalue weighted by Crippen LogP contribution is -2.39. The largest absolute Gasteiger partial charge is 0.398 e. The third-order valence-electron chi connectivity index (χ3n) is 2.80. The van der Waals surface area contributed by atoms with Gasteiger partial charge in [-0.1, -0.05) is 24.3 Å². The smallest absolute Gasteiger partial charge is 0.321 e. The summed E-state index contributed by atoms with van der Waals surface area (Å²) in [6.07, 6.45) is 0. The van der Waals surface area contributed by atoms with Gasteiger partial charge in [0, 0.05) is 12.2 Å². The second-order valence-electron chi connectivity index (χ2n) is 4.35. The number of anilines is 1. The average molecular weight is 287 g/mol. The summed E-state index contributed by atoms with van der Waals surface area (Å²) >= 11 is 0. The summed E-state index contributed by atoms with van der Waals surface area (Å²) in [5.74, 6) is -0.928. The molecule has 4 N–H and O–H groups in total. The van der Waals surface area contributed by atoms with E-state index < -0.39 is 11.9 Å². The standard InChI is InChI=1S/C15H14FN3O2/c16-11-7-5-10(6-8-11)9-18-15(21)19-14(20)12-3-1-2-4-13(12)17/h1-8H,9,17H2,(H2,18,19,20,21). The maximum Gasteiger partial charge on any atom is 0.321 e. The van der Waals surface area contributed by atoms with Crippen LogP contribution in [0.25, 0.3) is 0 Å². The summed E-state index contributed by atoms with van der Waals surface area (Å²) in [5.41, 5.74) is 6.89. The van der Waals surface area contributed by atoms with Crippen molar-refractivity contribution in [2.24, 2.45) is 0 Å². The number of imide groups is 1. The first-order valence-electron chi connectivity index (χ1n) is 6.24. The van der Waals surface area contributed by atoms with Crippen molar-refractivity contribution >= 4 is 17.6 Å². The molecule has 0 saturated heterocycles. The molecule has 0 heterocycles. The SMILES string of the molecule is Nc1ccccc1C(=O)NC(=O)NCc1ccc(F)cc1. The van der Waals surface area contributed by atoms with Crippen LogP contribution in [-0.2, 0) is 6.54 Å². The van der Waals surface area contributed by atoms with Crippen LogP contribution in [-0.4, -0.2) is 11.9 Å². The summed E-state index contributed by atoms with van der Waals surface area (Å²) in [6.45, 7) is 0.184. The summed E-state index contributed by atoms with van der Waals surface area (Å²) in [4.78, 5) is 23.5. The molecule has 0 saturated carbocycles. The van der Waals surface area contributed by atoms with E-state index >= 15 is 0 Å². The summed E-state index contributed by atoms with van der Waals surface area (Å²) in [7, 11) is 0. The van der Waals surface area contributed by atoms with E-state index in [2.05, 4.69) is 10.6 Å². The molecule has 0 atom stereocenters. The highest BCUT2D eigenvalue weighted by Gasteiger charge is 2.12. The number of amides is 3. The zero-order valence-electron chi connectivity index (χ0n) is 11.1. The predicted octanol–water partition coefficient (Wildman–Crippen LogP) is 2.05. The second-order valence-corrected chi connectivity index (χ2v) is 4.35. The molecule has 0 fully saturated rings. The van der Waals surface area contributed by atoms with Gasteiger partial charge in [-0.05, 0) is 29.8 Å². The number of hydrogen-bond acceptors (Lipinski definition) is 3. The number of nitrogens with two attached hydrogens (primary N) is 1. The second kappa shape index (κ2) is 6.51. The Morgan fingerprint density at radius 3 is 2.38 bits per heavy atom. The lowest BCUT2D eigenvalue weighted by atomic mass is 10.2. The van der Waals surface area contributed by atoms with Gasteiger partial charge in [0.05, 0.1) is 5.56 Å². The Morgan fingerprint density at radius 2 is 1.71 bits per heavy atom. The van der Waals surface area contributed by atoms with Gasteiger partial charge in [-0.15, -0.1) is 0 Å². The summed E-state index contributed by atoms with van der Waals surface area (Å²) in [6, 6.07) is 11.5. The van der Waals surface area contributed by atoms with E-state index in [4.69, 9.17) is 5.73 Å². The quantitative estimate of drug-likeness (QED) is 0.755. The van der Waals surface area contributed by atoms with Crippen LogP contribution in [0.5, 0.6) is 0 Å². The lowest BCUT2D eigenvalue weighted by molar-refractivity contribution is 0.0965. The molecule has 0 unspecified atom stereocenters. The average Bonchev–Trinajstić information content (AvgIpc) is 2.47. The Morgan fingerprint density at radius 1 is 1.05 bits per heavy atom. The molecule has 21 heavy (non-hydrogen) atoms. The number of benzene rings is 2. The van der Waals surface area contributed by atoms with E-state index in [1.54, 1.807) is 30.3 Å². The highest BCUT2D eigenvalue weighted by molar-refractivity contribution is 6.07. The van der Waals surface area contributed by atoms with Gasteiger partial charge in [-0.2, -0.15) is 0 Å². The number of hydrogen-bond donors (Lipinski definition) is 3. The number of urea groups is 1. The maximum absolute atomic E-state index is 12.7. The van der Waals surface area contributed by atoms with E-state index in [9.17, 15) is 14.0 Å². The van der Waals surface area contributed by atoms with Crippen LogP contribution in [0.3, 0.4) is 0 Å². The van der Waals surface area contributed by atoms with Crippen molar-refractivity contribution in [1.29, 1.82) is 0 Å². The van der Waals surface area contributed by atoms with Gasteiger partial charge in [0.2, 0.25) is 0 Å². The number of carbonyl (C=O) groups excluding carboxylic acids is 2. The topological polar surface area (TPSA) is 84.2 Å². The fourth-order valence-corrected chi connectivity index (χ4v) is 1.70. The molecule has 0 bridgehead atoms. The van der Waals surface area contributed by atoms with Crippen molar-refractivity contribution in [1.82, 2.24) is 10.6 Å². The van der Waals surface area contributed by atoms with Crippen molar-refractivity contribution in [3.05, 3.63) is 65.5 Å². The third kappa shape index (κ3) is 4.04. The monoisotopic (exact) mass is 287 g/mol. The van der Waals surface area contributed by atoms with Crippen LogP contribution in [0.2, 0.25) is 0 Å². The molecule has 2 aromatic rings. The fraction of sp³-hybridized carbons (Fsp3) is 0.0667. The van der Waals surface area contributed by atoms with Crippen LogP contribution >= 0.6 is 0 Å². The van der Waals surface area contributed by atoms with Crippen LogP contribution in [0, 0.1) is 5.82 Å². The number of rotatable bonds is 3. The number of halogens is 1. The van der Waals surface area contributed by atoms with Crippen LogP contribution < -0.4 is 16.4 Å². The third-order valence-corrected chi connectivity index (χ3v) is 2.80. The van der Waals surface area contributed by atoms with Gasteiger partial charge < -0.3 is 11.1 Å². The Kier molecular flexibility index (Phi) is 4.50. The highest BCUT2D eigenvalue weighted by atomic mass is 19.1. The maximum atomic E-state index is 12.7. The fourth-order valence-electron chi connectivity index (χ4n) is 1.70. The minimum atomic E-state index is -0.646. The predicted molar refractivity (Wildman–Crippen MR) is 77.0 cm³/mol. The molecule has 0 spiro atoms. The van der Waals surface area contributed by atoms with Crippen molar-refractivity contribution in [3.8, 4) is 0 Å². The molecule has 6 heteroatoms. The van der Waals surface area contributed by atoms with Crippen LogP contribution in [0.1, 0.15) is 15.9 Å². The number of nitrogens with one attached hydrogen (secondary N) is 2. The molecule has 0 aliphatic heterocycles. The van der Waals surface area contributed by atoms with Crippen molar-refractivity contribution in [3.63, 3.8) is 0 Å². The van der Waals surface area contributed by atoms with Gasteiger partial charge in [-0.3, -0.25) is 10.1 Å². The molecular weight excluding hydrogens is 273 g/mol. The molecule has 2 rings (SSSR count). The first kappa shape index (κ1) is 14.5. The number of para-hydroxylation sites is 1. The molecule has 0 radical (unpaired) electrons. The van der Waals surface area contributed by atoms with E-state index in [1.807, 2.05) is 0 Å². The van der Waals surface area contributed by atoms with E-state index in [1.165, 1.54) is 18.2 Å². The minimum Gasteiger partial charge on any atom is -0.398 e. The molecule has 108 valence electrons. The van der Waals surface area contributed by atoms with Crippen LogP contribution in [0.15, 0.2) is 48.5 Å². The zero-order valence-corrected chi connectivity index (χ0v) is 11.1. The molecule has 0 aliphatic carbocycles. The Hall–Kier alpha value is -2.89.